The summed E-state index contributed by atoms with van der Waals surface area (Å²) in [7, 11) is 0. The van der Waals surface area contributed by atoms with Crippen LogP contribution in [0.2, 0.25) is 0 Å². The molecule has 2 atom stereocenters. The predicted octanol–water partition coefficient (Wildman–Crippen LogP) is 1.28. The van der Waals surface area contributed by atoms with Gasteiger partial charge in [-0.1, -0.05) is 0 Å². The Morgan fingerprint density at radius 3 is 3.19 bits per heavy atom. The molecule has 0 amide bonds. The van der Waals surface area contributed by atoms with E-state index in [1.807, 2.05) is 6.08 Å². The number of hydrogen-bond donors (Lipinski definition) is 1. The first-order valence-electron chi connectivity index (χ1n) is 5.32. The van der Waals surface area contributed by atoms with Crippen LogP contribution in [0, 0.1) is 0 Å². The molecule has 82 valence electrons. The van der Waals surface area contributed by atoms with Gasteiger partial charge in [0.25, 0.3) is 0 Å². The zero-order valence-electron chi connectivity index (χ0n) is 8.85. The van der Waals surface area contributed by atoms with Gasteiger partial charge in [-0.15, -0.1) is 0 Å². The Balaban J connectivity index is 2.00. The van der Waals surface area contributed by atoms with E-state index in [1.165, 1.54) is 10.1 Å². The number of rotatable bonds is 1. The van der Waals surface area contributed by atoms with Crippen molar-refractivity contribution in [3.8, 4) is 0 Å². The van der Waals surface area contributed by atoms with E-state index in [-0.39, 0.29) is 10.5 Å². The molecule has 2 nitrogen and oxygen atoms in total. The third-order valence-electron chi connectivity index (χ3n) is 2.87. The van der Waals surface area contributed by atoms with Gasteiger partial charge in [0.05, 0.1) is 0 Å². The van der Waals surface area contributed by atoms with Crippen LogP contribution in [0.5, 0.6) is 0 Å². The maximum absolute atomic E-state index is 5.74. The summed E-state index contributed by atoms with van der Waals surface area (Å²) in [5, 5.41) is 3.60. The van der Waals surface area contributed by atoms with Crippen molar-refractivity contribution in [1.82, 2.24) is 0 Å². The molecule has 1 aromatic rings. The van der Waals surface area contributed by atoms with Crippen LogP contribution in [-0.4, -0.2) is 32.1 Å². The Labute approximate surface area is 102 Å². The van der Waals surface area contributed by atoms with Gasteiger partial charge in [0.1, 0.15) is 0 Å². The van der Waals surface area contributed by atoms with Gasteiger partial charge in [0, 0.05) is 0 Å². The number of nitrogens with one attached hydrogen (secondary N) is 1. The Hall–Kier alpha value is -1.02. The molecule has 0 aromatic heterocycles. The van der Waals surface area contributed by atoms with Crippen LogP contribution in [-0.2, 0) is 4.74 Å². The normalized spacial score (nSPS) is 31.1. The molecule has 2 heterocycles. The molecule has 1 aromatic carbocycles. The molecule has 3 rings (SSSR count). The molecular formula is C13H13NOSe. The van der Waals surface area contributed by atoms with E-state index in [1.54, 1.807) is 0 Å². The number of ether oxygens (including phenoxy) is 1. The summed E-state index contributed by atoms with van der Waals surface area (Å²) in [6.07, 6.45) is 6.33. The van der Waals surface area contributed by atoms with Crippen molar-refractivity contribution in [3.05, 3.63) is 49.1 Å². The van der Waals surface area contributed by atoms with Gasteiger partial charge in [0.15, 0.2) is 0 Å². The summed E-state index contributed by atoms with van der Waals surface area (Å²) >= 11 is 0.347. The molecule has 0 radical (unpaired) electrons. The fourth-order valence-electron chi connectivity index (χ4n) is 2.13. The molecule has 0 fully saturated rings. The van der Waals surface area contributed by atoms with Crippen molar-refractivity contribution in [2.24, 2.45) is 0 Å². The van der Waals surface area contributed by atoms with Crippen LogP contribution in [0.3, 0.4) is 0 Å². The van der Waals surface area contributed by atoms with Crippen molar-refractivity contribution >= 4 is 25.1 Å². The topological polar surface area (TPSA) is 21.3 Å². The summed E-state index contributed by atoms with van der Waals surface area (Å²) in [4.78, 5) is 0. The number of anilines is 1. The summed E-state index contributed by atoms with van der Waals surface area (Å²) in [5.41, 5.74) is 1.24. The number of para-hydroxylation sites is 1. The van der Waals surface area contributed by atoms with E-state index in [4.69, 9.17) is 4.74 Å². The van der Waals surface area contributed by atoms with Gasteiger partial charge in [-0.2, -0.15) is 0 Å². The summed E-state index contributed by atoms with van der Waals surface area (Å²) in [5.74, 6) is 0. The molecule has 1 spiro atoms. The second-order valence-electron chi connectivity index (χ2n) is 3.91. The first-order chi connectivity index (χ1) is 7.84. The average Bonchev–Trinajstić information content (AvgIpc) is 2.68. The van der Waals surface area contributed by atoms with E-state index in [0.717, 1.165) is 0 Å². The standard InChI is InChI=1S/C13H13NOSe/c1-2-12-13(8-5-9-15-12)14-10-6-3-4-7-11(10)16-13/h2-8,12,14H,1,9H2. The van der Waals surface area contributed by atoms with Crippen LogP contribution in [0.25, 0.3) is 0 Å². The molecule has 2 aliphatic heterocycles. The quantitative estimate of drug-likeness (QED) is 0.617. The van der Waals surface area contributed by atoms with Crippen LogP contribution in [0.1, 0.15) is 0 Å². The molecule has 2 aliphatic rings. The van der Waals surface area contributed by atoms with E-state index in [2.05, 4.69) is 48.3 Å². The third kappa shape index (κ3) is 1.44. The zero-order valence-corrected chi connectivity index (χ0v) is 10.6. The fourth-order valence-corrected chi connectivity index (χ4v) is 4.95. The number of fused-ring (bicyclic) bond motifs is 1. The summed E-state index contributed by atoms with van der Waals surface area (Å²) in [6, 6.07) is 8.49. The van der Waals surface area contributed by atoms with E-state index < -0.39 is 0 Å². The van der Waals surface area contributed by atoms with E-state index in [9.17, 15) is 0 Å². The maximum atomic E-state index is 5.74. The first-order valence-corrected chi connectivity index (χ1v) is 7.03. The fraction of sp³-hybridized carbons (Fsp3) is 0.231. The van der Waals surface area contributed by atoms with Crippen LogP contribution in [0.4, 0.5) is 5.69 Å². The average molecular weight is 278 g/mol. The van der Waals surface area contributed by atoms with Gasteiger partial charge >= 0.3 is 101 Å². The Kier molecular flexibility index (Phi) is 2.40. The van der Waals surface area contributed by atoms with Gasteiger partial charge in [-0.3, -0.25) is 0 Å². The second-order valence-corrected chi connectivity index (χ2v) is 6.68. The first kappa shape index (κ1) is 10.2. The molecule has 0 saturated heterocycles. The van der Waals surface area contributed by atoms with Crippen molar-refractivity contribution < 1.29 is 4.74 Å². The Morgan fingerprint density at radius 1 is 1.50 bits per heavy atom. The van der Waals surface area contributed by atoms with Crippen LogP contribution >= 0.6 is 0 Å². The summed E-state index contributed by atoms with van der Waals surface area (Å²) < 4.78 is 7.10. The molecule has 0 bridgehead atoms. The van der Waals surface area contributed by atoms with Gasteiger partial charge < -0.3 is 0 Å². The molecule has 2 unspecified atom stereocenters. The van der Waals surface area contributed by atoms with Crippen LogP contribution < -0.4 is 9.78 Å². The third-order valence-corrected chi connectivity index (χ3v) is 5.77. The number of benzene rings is 1. The van der Waals surface area contributed by atoms with Crippen LogP contribution in [0.15, 0.2) is 49.1 Å². The monoisotopic (exact) mass is 279 g/mol. The van der Waals surface area contributed by atoms with Gasteiger partial charge in [-0.05, 0) is 0 Å². The van der Waals surface area contributed by atoms with Crippen molar-refractivity contribution in [3.63, 3.8) is 0 Å². The minimum atomic E-state index is -0.0588. The van der Waals surface area contributed by atoms with Crippen molar-refractivity contribution in [1.29, 1.82) is 0 Å². The molecular weight excluding hydrogens is 265 g/mol. The molecule has 3 heteroatoms. The Bertz CT molecular complexity index is 430. The molecule has 0 aliphatic carbocycles. The minimum absolute atomic E-state index is 0.0588. The Morgan fingerprint density at radius 2 is 2.38 bits per heavy atom. The number of hydrogen-bond acceptors (Lipinski definition) is 2. The van der Waals surface area contributed by atoms with Gasteiger partial charge in [0.2, 0.25) is 0 Å². The SMILES string of the molecule is C=CC1OCC=CC12Nc1ccccc1[Se]2. The zero-order chi connectivity index (χ0) is 11.0. The van der Waals surface area contributed by atoms with E-state index >= 15 is 0 Å². The molecule has 1 N–H and O–H groups in total. The predicted molar refractivity (Wildman–Crippen MR) is 67.3 cm³/mol. The van der Waals surface area contributed by atoms with E-state index in [0.29, 0.717) is 21.6 Å². The second kappa shape index (κ2) is 3.77. The molecule has 16 heavy (non-hydrogen) atoms. The molecule has 0 saturated carbocycles. The van der Waals surface area contributed by atoms with Gasteiger partial charge in [-0.25, -0.2) is 0 Å². The van der Waals surface area contributed by atoms with Crippen molar-refractivity contribution in [2.75, 3.05) is 11.9 Å². The van der Waals surface area contributed by atoms with Crippen molar-refractivity contribution in [2.45, 2.75) is 10.5 Å². The summed E-state index contributed by atoms with van der Waals surface area (Å²) in [6.45, 7) is 4.56.